The molecule has 0 bridgehead atoms. The molecule has 0 spiro atoms. The summed E-state index contributed by atoms with van der Waals surface area (Å²) < 4.78 is 5.48. The topological polar surface area (TPSA) is 41.6 Å². The quantitative estimate of drug-likeness (QED) is 0.846. The monoisotopic (exact) mass is 268 g/mol. The van der Waals surface area contributed by atoms with Gasteiger partial charge in [-0.25, -0.2) is 0 Å². The standard InChI is InChI=1S/C15H28N2O2/c1-9(2)13-15(18)17(14(16-13)10(3)4)11(5)12-6-7-19-8-12/h9-14,16H,6-8H2,1-5H3. The number of amides is 1. The van der Waals surface area contributed by atoms with Gasteiger partial charge in [-0.2, -0.15) is 0 Å². The predicted molar refractivity (Wildman–Crippen MR) is 75.6 cm³/mol. The van der Waals surface area contributed by atoms with Gasteiger partial charge in [-0.05, 0) is 25.2 Å². The van der Waals surface area contributed by atoms with Crippen molar-refractivity contribution in [3.63, 3.8) is 0 Å². The van der Waals surface area contributed by atoms with Gasteiger partial charge in [-0.1, -0.05) is 27.7 Å². The number of rotatable bonds is 4. The minimum atomic E-state index is -0.0304. The molecule has 1 amide bonds. The van der Waals surface area contributed by atoms with Gasteiger partial charge in [-0.15, -0.1) is 0 Å². The number of nitrogens with one attached hydrogen (secondary N) is 1. The van der Waals surface area contributed by atoms with Gasteiger partial charge in [0, 0.05) is 18.6 Å². The number of carbonyl (C=O) groups is 1. The average molecular weight is 268 g/mol. The van der Waals surface area contributed by atoms with Gasteiger partial charge in [0.05, 0.1) is 18.8 Å². The maximum atomic E-state index is 12.7. The maximum Gasteiger partial charge on any atom is 0.241 e. The lowest BCUT2D eigenvalue weighted by molar-refractivity contribution is -0.134. The highest BCUT2D eigenvalue weighted by molar-refractivity contribution is 5.85. The summed E-state index contributed by atoms with van der Waals surface area (Å²) in [5, 5.41) is 3.53. The molecule has 2 aliphatic rings. The van der Waals surface area contributed by atoms with E-state index in [1.807, 2.05) is 0 Å². The predicted octanol–water partition coefficient (Wildman–Crippen LogP) is 1.85. The molecule has 0 aromatic rings. The second kappa shape index (κ2) is 5.80. The molecule has 4 heteroatoms. The number of carbonyl (C=O) groups excluding carboxylic acids is 1. The van der Waals surface area contributed by atoms with Gasteiger partial charge in [0.1, 0.15) is 0 Å². The number of hydrogen-bond donors (Lipinski definition) is 1. The van der Waals surface area contributed by atoms with Gasteiger partial charge < -0.3 is 9.64 Å². The lowest BCUT2D eigenvalue weighted by Crippen LogP contribution is -2.49. The molecule has 2 aliphatic heterocycles. The highest BCUT2D eigenvalue weighted by Gasteiger charge is 2.45. The maximum absolute atomic E-state index is 12.7. The molecule has 110 valence electrons. The largest absolute Gasteiger partial charge is 0.381 e. The fourth-order valence-electron chi connectivity index (χ4n) is 3.24. The third-order valence-electron chi connectivity index (χ3n) is 4.55. The molecule has 0 saturated carbocycles. The van der Waals surface area contributed by atoms with E-state index in [-0.39, 0.29) is 24.2 Å². The fraction of sp³-hybridized carbons (Fsp3) is 0.933. The Balaban J connectivity index is 2.16. The molecule has 0 aromatic carbocycles. The normalized spacial score (nSPS) is 33.7. The summed E-state index contributed by atoms with van der Waals surface area (Å²) in [5.41, 5.74) is 0. The van der Waals surface area contributed by atoms with Crippen molar-refractivity contribution in [3.8, 4) is 0 Å². The Labute approximate surface area is 116 Å². The van der Waals surface area contributed by atoms with Crippen LogP contribution in [-0.2, 0) is 9.53 Å². The summed E-state index contributed by atoms with van der Waals surface area (Å²) >= 11 is 0. The van der Waals surface area contributed by atoms with Crippen molar-refractivity contribution in [1.29, 1.82) is 0 Å². The molecular formula is C15H28N2O2. The molecule has 4 unspecified atom stereocenters. The lowest BCUT2D eigenvalue weighted by Gasteiger charge is -2.35. The van der Waals surface area contributed by atoms with Crippen molar-refractivity contribution in [2.45, 2.75) is 59.3 Å². The molecule has 2 rings (SSSR count). The molecule has 2 fully saturated rings. The first-order valence-electron chi connectivity index (χ1n) is 7.59. The van der Waals surface area contributed by atoms with Crippen molar-refractivity contribution < 1.29 is 9.53 Å². The minimum Gasteiger partial charge on any atom is -0.381 e. The Bertz CT molecular complexity index is 324. The van der Waals surface area contributed by atoms with Crippen LogP contribution in [0.3, 0.4) is 0 Å². The fourth-order valence-corrected chi connectivity index (χ4v) is 3.24. The number of hydrogen-bond acceptors (Lipinski definition) is 3. The summed E-state index contributed by atoms with van der Waals surface area (Å²) in [4.78, 5) is 14.8. The molecule has 4 atom stereocenters. The zero-order valence-corrected chi connectivity index (χ0v) is 12.8. The van der Waals surface area contributed by atoms with Crippen LogP contribution in [0.5, 0.6) is 0 Å². The van der Waals surface area contributed by atoms with E-state index in [1.165, 1.54) is 0 Å². The van der Waals surface area contributed by atoms with Crippen molar-refractivity contribution in [2.24, 2.45) is 17.8 Å². The second-order valence-electron chi connectivity index (χ2n) is 6.69. The van der Waals surface area contributed by atoms with E-state index < -0.39 is 0 Å². The molecule has 2 heterocycles. The van der Waals surface area contributed by atoms with Crippen LogP contribution < -0.4 is 5.32 Å². The molecule has 2 saturated heterocycles. The molecule has 0 aromatic heterocycles. The molecule has 0 radical (unpaired) electrons. The van der Waals surface area contributed by atoms with Crippen LogP contribution in [0, 0.1) is 17.8 Å². The van der Waals surface area contributed by atoms with Crippen LogP contribution in [-0.4, -0.2) is 42.3 Å². The highest BCUT2D eigenvalue weighted by atomic mass is 16.5. The van der Waals surface area contributed by atoms with Crippen molar-refractivity contribution in [3.05, 3.63) is 0 Å². The Kier molecular flexibility index (Phi) is 4.51. The highest BCUT2D eigenvalue weighted by Crippen LogP contribution is 2.29. The zero-order chi connectivity index (χ0) is 14.2. The first kappa shape index (κ1) is 14.8. The summed E-state index contributed by atoms with van der Waals surface area (Å²) in [6.45, 7) is 12.4. The van der Waals surface area contributed by atoms with Gasteiger partial charge >= 0.3 is 0 Å². The van der Waals surface area contributed by atoms with E-state index in [0.29, 0.717) is 17.8 Å². The molecule has 1 N–H and O–H groups in total. The van der Waals surface area contributed by atoms with E-state index in [9.17, 15) is 4.79 Å². The molecule has 0 aliphatic carbocycles. The second-order valence-corrected chi connectivity index (χ2v) is 6.69. The third kappa shape index (κ3) is 2.79. The SMILES string of the molecule is CC(C)C1NC(C(C)C)N(C(C)C2CCOC2)C1=O. The molecule has 4 nitrogen and oxygen atoms in total. The van der Waals surface area contributed by atoms with Gasteiger partial charge in [-0.3, -0.25) is 10.1 Å². The smallest absolute Gasteiger partial charge is 0.241 e. The zero-order valence-electron chi connectivity index (χ0n) is 12.8. The third-order valence-corrected chi connectivity index (χ3v) is 4.55. The minimum absolute atomic E-state index is 0.0304. The summed E-state index contributed by atoms with van der Waals surface area (Å²) in [5.74, 6) is 1.52. The Morgan fingerprint density at radius 1 is 1.21 bits per heavy atom. The van der Waals surface area contributed by atoms with E-state index in [1.54, 1.807) is 0 Å². The van der Waals surface area contributed by atoms with Gasteiger partial charge in [0.25, 0.3) is 0 Å². The summed E-state index contributed by atoms with van der Waals surface area (Å²) in [6.07, 6.45) is 1.23. The van der Waals surface area contributed by atoms with Crippen LogP contribution in [0.15, 0.2) is 0 Å². The Morgan fingerprint density at radius 3 is 2.37 bits per heavy atom. The molecular weight excluding hydrogens is 240 g/mol. The average Bonchev–Trinajstić information content (AvgIpc) is 2.94. The summed E-state index contributed by atoms with van der Waals surface area (Å²) in [6, 6.07) is 0.232. The van der Waals surface area contributed by atoms with E-state index in [2.05, 4.69) is 44.8 Å². The van der Waals surface area contributed by atoms with Crippen molar-refractivity contribution in [2.75, 3.05) is 13.2 Å². The van der Waals surface area contributed by atoms with Crippen molar-refractivity contribution in [1.82, 2.24) is 10.2 Å². The Morgan fingerprint density at radius 2 is 1.89 bits per heavy atom. The van der Waals surface area contributed by atoms with Crippen LogP contribution in [0.4, 0.5) is 0 Å². The van der Waals surface area contributed by atoms with Crippen LogP contribution in [0.2, 0.25) is 0 Å². The van der Waals surface area contributed by atoms with Crippen LogP contribution in [0.25, 0.3) is 0 Å². The van der Waals surface area contributed by atoms with Crippen molar-refractivity contribution >= 4 is 5.91 Å². The lowest BCUT2D eigenvalue weighted by atomic mass is 9.97. The summed E-state index contributed by atoms with van der Waals surface area (Å²) in [7, 11) is 0. The van der Waals surface area contributed by atoms with E-state index in [0.717, 1.165) is 19.6 Å². The van der Waals surface area contributed by atoms with Gasteiger partial charge in [0.2, 0.25) is 5.91 Å². The first-order valence-corrected chi connectivity index (χ1v) is 7.59. The Hall–Kier alpha value is -0.610. The molecule has 19 heavy (non-hydrogen) atoms. The van der Waals surface area contributed by atoms with Crippen LogP contribution >= 0.6 is 0 Å². The van der Waals surface area contributed by atoms with E-state index >= 15 is 0 Å². The first-order chi connectivity index (χ1) is 8.93. The number of nitrogens with zero attached hydrogens (tertiary/aromatic N) is 1. The van der Waals surface area contributed by atoms with Gasteiger partial charge in [0.15, 0.2) is 0 Å². The van der Waals surface area contributed by atoms with E-state index in [4.69, 9.17) is 4.74 Å². The van der Waals surface area contributed by atoms with Crippen LogP contribution in [0.1, 0.15) is 41.0 Å². The number of ether oxygens (including phenoxy) is 1.